The maximum Gasteiger partial charge on any atom is 0.249 e. The molecule has 0 unspecified atom stereocenters. The second-order valence-corrected chi connectivity index (χ2v) is 5.92. The average Bonchev–Trinajstić information content (AvgIpc) is 2.19. The van der Waals surface area contributed by atoms with E-state index in [1.807, 2.05) is 13.8 Å². The molecule has 1 heterocycles. The van der Waals surface area contributed by atoms with Crippen LogP contribution in [0.3, 0.4) is 0 Å². The highest BCUT2D eigenvalue weighted by Gasteiger charge is 2.25. The molecule has 1 aliphatic heterocycles. The zero-order valence-electron chi connectivity index (χ0n) is 9.19. The van der Waals surface area contributed by atoms with Crippen molar-refractivity contribution in [1.82, 2.24) is 4.90 Å². The van der Waals surface area contributed by atoms with Crippen LogP contribution in [0.15, 0.2) is 11.6 Å². The van der Waals surface area contributed by atoms with Crippen molar-refractivity contribution in [2.45, 2.75) is 20.3 Å². The van der Waals surface area contributed by atoms with Gasteiger partial charge in [-0.05, 0) is 13.3 Å². The van der Waals surface area contributed by atoms with Crippen LogP contribution in [0.5, 0.6) is 0 Å². The molecular formula is C10H17NO3S. The highest BCUT2D eigenvalue weighted by Crippen LogP contribution is 2.10. The van der Waals surface area contributed by atoms with Gasteiger partial charge in [0, 0.05) is 18.7 Å². The van der Waals surface area contributed by atoms with Gasteiger partial charge < -0.3 is 4.90 Å². The first kappa shape index (κ1) is 12.2. The summed E-state index contributed by atoms with van der Waals surface area (Å²) in [6.45, 7) is 4.42. The molecule has 0 N–H and O–H groups in total. The maximum atomic E-state index is 11.8. The van der Waals surface area contributed by atoms with Gasteiger partial charge in [0.1, 0.15) is 0 Å². The number of carbonyl (C=O) groups excluding carboxylic acids is 1. The summed E-state index contributed by atoms with van der Waals surface area (Å²) >= 11 is 0. The molecule has 5 heteroatoms. The Kier molecular flexibility index (Phi) is 3.90. The fourth-order valence-corrected chi connectivity index (χ4v) is 2.80. The Morgan fingerprint density at radius 2 is 1.87 bits per heavy atom. The zero-order valence-corrected chi connectivity index (χ0v) is 10.0. The van der Waals surface area contributed by atoms with Crippen LogP contribution in [0.2, 0.25) is 0 Å². The van der Waals surface area contributed by atoms with E-state index < -0.39 is 9.84 Å². The van der Waals surface area contributed by atoms with Crippen LogP contribution in [0.4, 0.5) is 0 Å². The lowest BCUT2D eigenvalue weighted by Crippen LogP contribution is -2.44. The molecule has 0 aromatic heterocycles. The molecule has 0 atom stereocenters. The Balaban J connectivity index is 2.65. The Labute approximate surface area is 90.9 Å². The number of rotatable bonds is 2. The fraction of sp³-hybridized carbons (Fsp3) is 0.700. The third kappa shape index (κ3) is 3.06. The predicted molar refractivity (Wildman–Crippen MR) is 59.3 cm³/mol. The van der Waals surface area contributed by atoms with Gasteiger partial charge >= 0.3 is 0 Å². The number of hydrogen-bond acceptors (Lipinski definition) is 3. The highest BCUT2D eigenvalue weighted by molar-refractivity contribution is 7.91. The molecule has 1 amide bonds. The zero-order chi connectivity index (χ0) is 11.5. The second kappa shape index (κ2) is 4.79. The average molecular weight is 231 g/mol. The van der Waals surface area contributed by atoms with E-state index in [9.17, 15) is 13.2 Å². The predicted octanol–water partition coefficient (Wildman–Crippen LogP) is 0.600. The summed E-state index contributed by atoms with van der Waals surface area (Å²) in [5, 5.41) is 0. The number of sulfone groups is 1. The van der Waals surface area contributed by atoms with E-state index >= 15 is 0 Å². The van der Waals surface area contributed by atoms with Gasteiger partial charge in [-0.2, -0.15) is 0 Å². The third-order valence-electron chi connectivity index (χ3n) is 2.64. The summed E-state index contributed by atoms with van der Waals surface area (Å²) in [6.07, 6.45) is 2.49. The van der Waals surface area contributed by atoms with Gasteiger partial charge in [-0.25, -0.2) is 8.42 Å². The maximum absolute atomic E-state index is 11.8. The van der Waals surface area contributed by atoms with Gasteiger partial charge in [-0.1, -0.05) is 13.0 Å². The second-order valence-electron chi connectivity index (χ2n) is 3.61. The standard InChI is InChI=1S/C10H17NO3S/c1-3-9(4-2)10(12)11-5-7-15(13,14)8-6-11/h3H,4-8H2,1-2H3. The Morgan fingerprint density at radius 1 is 1.33 bits per heavy atom. The molecule has 15 heavy (non-hydrogen) atoms. The Hall–Kier alpha value is -0.840. The van der Waals surface area contributed by atoms with Crippen molar-refractivity contribution in [2.24, 2.45) is 0 Å². The highest BCUT2D eigenvalue weighted by atomic mass is 32.2. The monoisotopic (exact) mass is 231 g/mol. The molecule has 0 radical (unpaired) electrons. The van der Waals surface area contributed by atoms with Crippen molar-refractivity contribution in [3.63, 3.8) is 0 Å². The van der Waals surface area contributed by atoms with Crippen LogP contribution in [0.1, 0.15) is 20.3 Å². The molecule has 1 aliphatic rings. The van der Waals surface area contributed by atoms with E-state index in [-0.39, 0.29) is 17.4 Å². The van der Waals surface area contributed by atoms with Crippen molar-refractivity contribution in [3.05, 3.63) is 11.6 Å². The number of hydrogen-bond donors (Lipinski definition) is 0. The van der Waals surface area contributed by atoms with E-state index in [0.29, 0.717) is 19.5 Å². The van der Waals surface area contributed by atoms with E-state index in [0.717, 1.165) is 5.57 Å². The first-order valence-electron chi connectivity index (χ1n) is 5.15. The van der Waals surface area contributed by atoms with Crippen LogP contribution >= 0.6 is 0 Å². The van der Waals surface area contributed by atoms with Gasteiger partial charge in [-0.3, -0.25) is 4.79 Å². The normalized spacial score (nSPS) is 21.5. The Bertz CT molecular complexity index is 356. The van der Waals surface area contributed by atoms with Crippen LogP contribution in [-0.2, 0) is 14.6 Å². The quantitative estimate of drug-likeness (QED) is 0.654. The third-order valence-corrected chi connectivity index (χ3v) is 4.24. The van der Waals surface area contributed by atoms with Crippen molar-refractivity contribution in [3.8, 4) is 0 Å². The van der Waals surface area contributed by atoms with Gasteiger partial charge in [0.05, 0.1) is 11.5 Å². The summed E-state index contributed by atoms with van der Waals surface area (Å²) in [6, 6.07) is 0. The minimum Gasteiger partial charge on any atom is -0.337 e. The summed E-state index contributed by atoms with van der Waals surface area (Å²) in [7, 11) is -2.90. The van der Waals surface area contributed by atoms with Crippen molar-refractivity contribution in [2.75, 3.05) is 24.6 Å². The van der Waals surface area contributed by atoms with Gasteiger partial charge in [-0.15, -0.1) is 0 Å². The molecule has 0 saturated carbocycles. The van der Waals surface area contributed by atoms with Crippen molar-refractivity contribution in [1.29, 1.82) is 0 Å². The molecule has 0 spiro atoms. The number of amides is 1. The summed E-state index contributed by atoms with van der Waals surface area (Å²) in [4.78, 5) is 13.5. The van der Waals surface area contributed by atoms with Crippen LogP contribution in [-0.4, -0.2) is 43.8 Å². The minimum atomic E-state index is -2.90. The number of allylic oxidation sites excluding steroid dienone is 1. The van der Waals surface area contributed by atoms with Crippen molar-refractivity contribution < 1.29 is 13.2 Å². The van der Waals surface area contributed by atoms with E-state index in [1.165, 1.54) is 0 Å². The molecule has 0 aromatic rings. The summed E-state index contributed by atoms with van der Waals surface area (Å²) in [5.41, 5.74) is 0.759. The molecule has 0 aromatic carbocycles. The van der Waals surface area contributed by atoms with E-state index in [4.69, 9.17) is 0 Å². The Morgan fingerprint density at radius 3 is 2.27 bits per heavy atom. The van der Waals surface area contributed by atoms with Gasteiger partial charge in [0.2, 0.25) is 5.91 Å². The number of nitrogens with zero attached hydrogens (tertiary/aromatic N) is 1. The van der Waals surface area contributed by atoms with Crippen LogP contribution in [0.25, 0.3) is 0 Å². The van der Waals surface area contributed by atoms with Crippen LogP contribution in [0, 0.1) is 0 Å². The first-order valence-corrected chi connectivity index (χ1v) is 6.97. The topological polar surface area (TPSA) is 54.5 Å². The summed E-state index contributed by atoms with van der Waals surface area (Å²) < 4.78 is 22.4. The lowest BCUT2D eigenvalue weighted by molar-refractivity contribution is -0.126. The lowest BCUT2D eigenvalue weighted by atomic mass is 10.1. The number of carbonyl (C=O) groups is 1. The molecule has 0 bridgehead atoms. The molecule has 4 nitrogen and oxygen atoms in total. The largest absolute Gasteiger partial charge is 0.337 e. The molecular weight excluding hydrogens is 214 g/mol. The van der Waals surface area contributed by atoms with Crippen molar-refractivity contribution >= 4 is 15.7 Å². The van der Waals surface area contributed by atoms with Gasteiger partial charge in [0.15, 0.2) is 9.84 Å². The molecule has 1 saturated heterocycles. The lowest BCUT2D eigenvalue weighted by Gasteiger charge is -2.27. The summed E-state index contributed by atoms with van der Waals surface area (Å²) in [5.74, 6) is 0.175. The molecule has 0 aliphatic carbocycles. The first-order chi connectivity index (χ1) is 7.00. The molecule has 1 rings (SSSR count). The molecule has 86 valence electrons. The van der Waals surface area contributed by atoms with Gasteiger partial charge in [0.25, 0.3) is 0 Å². The minimum absolute atomic E-state index is 0.0186. The van der Waals surface area contributed by atoms with E-state index in [1.54, 1.807) is 11.0 Å². The van der Waals surface area contributed by atoms with E-state index in [2.05, 4.69) is 0 Å². The van der Waals surface area contributed by atoms with Crippen LogP contribution < -0.4 is 0 Å². The fourth-order valence-electron chi connectivity index (χ4n) is 1.60. The SMILES string of the molecule is CC=C(CC)C(=O)N1CCS(=O)(=O)CC1. The smallest absolute Gasteiger partial charge is 0.249 e. The molecule has 1 fully saturated rings.